The third-order valence-corrected chi connectivity index (χ3v) is 10.7. The summed E-state index contributed by atoms with van der Waals surface area (Å²) in [5, 5.41) is 1.66. The monoisotopic (exact) mass is 405 g/mol. The predicted molar refractivity (Wildman–Crippen MR) is 131 cm³/mol. The number of nitrogens with zero attached hydrogens (tertiary/aromatic N) is 1. The highest BCUT2D eigenvalue weighted by molar-refractivity contribution is 7.67. The van der Waals surface area contributed by atoms with Crippen molar-refractivity contribution >= 4 is 25.4 Å². The summed E-state index contributed by atoms with van der Waals surface area (Å²) in [4.78, 5) is 0. The minimum absolute atomic E-state index is 0.123. The first-order valence-electron chi connectivity index (χ1n) is 11.6. The molecule has 0 amide bonds. The molecule has 0 unspecified atom stereocenters. The SMILES string of the molecule is C=Cc1cc(-c2ccccc2P(C2CCCCC2)C2CCCCC2)n(C)c1C=C. The maximum absolute atomic E-state index is 4.05. The van der Waals surface area contributed by atoms with Gasteiger partial charge in [0.2, 0.25) is 0 Å². The van der Waals surface area contributed by atoms with E-state index in [0.717, 1.165) is 11.3 Å². The van der Waals surface area contributed by atoms with E-state index < -0.39 is 0 Å². The maximum Gasteiger partial charge on any atom is 0.0495 e. The molecule has 0 spiro atoms. The first-order chi connectivity index (χ1) is 14.2. The van der Waals surface area contributed by atoms with Crippen LogP contribution in [-0.2, 0) is 7.05 Å². The Morgan fingerprint density at radius 1 is 0.862 bits per heavy atom. The van der Waals surface area contributed by atoms with Crippen molar-refractivity contribution in [3.05, 3.63) is 54.7 Å². The Hall–Kier alpha value is -1.59. The molecule has 2 heteroatoms. The molecule has 2 aromatic rings. The lowest BCUT2D eigenvalue weighted by atomic mass is 9.99. The largest absolute Gasteiger partial charge is 0.344 e. The van der Waals surface area contributed by atoms with Crippen LogP contribution in [0.1, 0.15) is 75.5 Å². The van der Waals surface area contributed by atoms with Gasteiger partial charge in [-0.25, -0.2) is 0 Å². The Morgan fingerprint density at radius 2 is 1.45 bits per heavy atom. The zero-order valence-electron chi connectivity index (χ0n) is 18.1. The van der Waals surface area contributed by atoms with Crippen LogP contribution in [0.25, 0.3) is 23.4 Å². The van der Waals surface area contributed by atoms with Crippen molar-refractivity contribution in [2.45, 2.75) is 75.5 Å². The van der Waals surface area contributed by atoms with Crippen molar-refractivity contribution in [3.8, 4) is 11.3 Å². The average Bonchev–Trinajstić information content (AvgIpc) is 3.11. The van der Waals surface area contributed by atoms with Crippen LogP contribution in [0.5, 0.6) is 0 Å². The lowest BCUT2D eigenvalue weighted by Crippen LogP contribution is -2.27. The summed E-state index contributed by atoms with van der Waals surface area (Å²) in [5.74, 6) is 0. The van der Waals surface area contributed by atoms with Gasteiger partial charge in [0, 0.05) is 24.0 Å². The molecule has 4 rings (SSSR count). The van der Waals surface area contributed by atoms with Gasteiger partial charge in [-0.3, -0.25) is 0 Å². The summed E-state index contributed by atoms with van der Waals surface area (Å²) in [6.45, 7) is 8.08. The first kappa shape index (κ1) is 20.7. The highest BCUT2D eigenvalue weighted by Crippen LogP contribution is 2.56. The lowest BCUT2D eigenvalue weighted by molar-refractivity contribution is 0.487. The molecule has 0 radical (unpaired) electrons. The van der Waals surface area contributed by atoms with Gasteiger partial charge in [0.05, 0.1) is 0 Å². The Balaban J connectivity index is 1.81. The van der Waals surface area contributed by atoms with Crippen molar-refractivity contribution in [3.63, 3.8) is 0 Å². The van der Waals surface area contributed by atoms with Crippen molar-refractivity contribution in [2.24, 2.45) is 7.05 Å². The zero-order chi connectivity index (χ0) is 20.2. The molecule has 1 heterocycles. The van der Waals surface area contributed by atoms with Crippen LogP contribution in [0, 0.1) is 0 Å². The topological polar surface area (TPSA) is 4.93 Å². The molecular weight excluding hydrogens is 369 g/mol. The lowest BCUT2D eigenvalue weighted by Gasteiger charge is -2.39. The minimum atomic E-state index is -0.123. The number of hydrogen-bond donors (Lipinski definition) is 0. The molecule has 0 N–H and O–H groups in total. The van der Waals surface area contributed by atoms with Gasteiger partial charge in [-0.2, -0.15) is 0 Å². The molecule has 0 aliphatic heterocycles. The molecule has 1 aromatic heterocycles. The summed E-state index contributed by atoms with van der Waals surface area (Å²) in [6, 6.07) is 11.7. The van der Waals surface area contributed by atoms with E-state index >= 15 is 0 Å². The van der Waals surface area contributed by atoms with Gasteiger partial charge in [-0.15, -0.1) is 0 Å². The van der Waals surface area contributed by atoms with Crippen LogP contribution in [0.4, 0.5) is 0 Å². The van der Waals surface area contributed by atoms with Gasteiger partial charge in [0.15, 0.2) is 0 Å². The molecule has 1 nitrogen and oxygen atoms in total. The fraction of sp³-hybridized carbons (Fsp3) is 0.481. The Labute approximate surface area is 178 Å². The molecule has 2 aliphatic rings. The summed E-state index contributed by atoms with van der Waals surface area (Å²) >= 11 is 0. The van der Waals surface area contributed by atoms with E-state index in [4.69, 9.17) is 0 Å². The number of hydrogen-bond acceptors (Lipinski definition) is 0. The fourth-order valence-corrected chi connectivity index (χ4v) is 9.60. The highest BCUT2D eigenvalue weighted by atomic mass is 31.1. The number of aromatic nitrogens is 1. The molecule has 0 saturated heterocycles. The normalized spacial score (nSPS) is 18.8. The van der Waals surface area contributed by atoms with Crippen LogP contribution in [0.3, 0.4) is 0 Å². The molecule has 0 bridgehead atoms. The second-order valence-electron chi connectivity index (χ2n) is 8.85. The Morgan fingerprint density at radius 3 is 1.97 bits per heavy atom. The summed E-state index contributed by atoms with van der Waals surface area (Å²) < 4.78 is 2.32. The zero-order valence-corrected chi connectivity index (χ0v) is 19.0. The molecule has 154 valence electrons. The summed E-state index contributed by atoms with van der Waals surface area (Å²) in [5.41, 5.74) is 6.97. The van der Waals surface area contributed by atoms with Gasteiger partial charge in [-0.05, 0) is 60.0 Å². The van der Waals surface area contributed by atoms with Crippen LogP contribution in [-0.4, -0.2) is 15.9 Å². The third-order valence-electron chi connectivity index (χ3n) is 7.12. The Bertz CT molecular complexity index is 831. The van der Waals surface area contributed by atoms with Crippen molar-refractivity contribution < 1.29 is 0 Å². The second kappa shape index (κ2) is 9.48. The fourth-order valence-electron chi connectivity index (χ4n) is 5.64. The van der Waals surface area contributed by atoms with E-state index in [-0.39, 0.29) is 7.92 Å². The molecular formula is C27H36NP. The van der Waals surface area contributed by atoms with E-state index in [0.29, 0.717) is 0 Å². The molecule has 2 aliphatic carbocycles. The maximum atomic E-state index is 4.05. The Kier molecular flexibility index (Phi) is 6.76. The highest BCUT2D eigenvalue weighted by Gasteiger charge is 2.33. The van der Waals surface area contributed by atoms with E-state index in [2.05, 4.69) is 55.1 Å². The molecule has 29 heavy (non-hydrogen) atoms. The van der Waals surface area contributed by atoms with E-state index in [9.17, 15) is 0 Å². The second-order valence-corrected chi connectivity index (χ2v) is 11.6. The summed E-state index contributed by atoms with van der Waals surface area (Å²) in [6.07, 6.45) is 18.3. The van der Waals surface area contributed by atoms with Gasteiger partial charge in [0.1, 0.15) is 0 Å². The standard InChI is InChI=1S/C27H36NP/c1-4-21-20-26(28(3)25(21)5-2)24-18-12-13-19-27(24)29(22-14-8-6-9-15-22)23-16-10-7-11-17-23/h4-5,12-13,18-20,22-23H,1-2,6-11,14-17H2,3H3. The average molecular weight is 406 g/mol. The quantitative estimate of drug-likeness (QED) is 0.433. The van der Waals surface area contributed by atoms with E-state index in [1.807, 2.05) is 12.2 Å². The van der Waals surface area contributed by atoms with Crippen LogP contribution in [0.15, 0.2) is 43.5 Å². The van der Waals surface area contributed by atoms with Crippen LogP contribution < -0.4 is 5.30 Å². The molecule has 0 atom stereocenters. The predicted octanol–water partition coefficient (Wildman–Crippen LogP) is 7.75. The van der Waals surface area contributed by atoms with Crippen LogP contribution in [0.2, 0.25) is 0 Å². The van der Waals surface area contributed by atoms with Crippen molar-refractivity contribution in [2.75, 3.05) is 0 Å². The van der Waals surface area contributed by atoms with Gasteiger partial charge < -0.3 is 4.57 Å². The van der Waals surface area contributed by atoms with Crippen molar-refractivity contribution in [1.29, 1.82) is 0 Å². The van der Waals surface area contributed by atoms with Crippen LogP contribution >= 0.6 is 7.92 Å². The molecule has 2 fully saturated rings. The first-order valence-corrected chi connectivity index (χ1v) is 13.0. The minimum Gasteiger partial charge on any atom is -0.344 e. The third kappa shape index (κ3) is 4.17. The smallest absolute Gasteiger partial charge is 0.0495 e. The molecule has 2 saturated carbocycles. The van der Waals surface area contributed by atoms with Gasteiger partial charge in [0.25, 0.3) is 0 Å². The number of benzene rings is 1. The van der Waals surface area contributed by atoms with E-state index in [1.54, 1.807) is 5.30 Å². The summed E-state index contributed by atoms with van der Waals surface area (Å²) in [7, 11) is 2.06. The van der Waals surface area contributed by atoms with Gasteiger partial charge >= 0.3 is 0 Å². The van der Waals surface area contributed by atoms with Gasteiger partial charge in [-0.1, -0.05) is 89.9 Å². The van der Waals surface area contributed by atoms with E-state index in [1.165, 1.54) is 86.7 Å². The van der Waals surface area contributed by atoms with Crippen molar-refractivity contribution in [1.82, 2.24) is 4.57 Å². The number of rotatable bonds is 6. The molecule has 1 aromatic carbocycles.